The molecule has 1 unspecified atom stereocenters. The van der Waals surface area contributed by atoms with Crippen molar-refractivity contribution in [1.82, 2.24) is 10.0 Å². The zero-order chi connectivity index (χ0) is 19.4. The van der Waals surface area contributed by atoms with Gasteiger partial charge in [0.1, 0.15) is 0 Å². The molecule has 1 amide bonds. The van der Waals surface area contributed by atoms with Crippen LogP contribution in [-0.2, 0) is 10.0 Å². The zero-order valence-electron chi connectivity index (χ0n) is 15.2. The molecule has 4 N–H and O–H groups in total. The largest absolute Gasteiger partial charge is 0.350 e. The quantitative estimate of drug-likeness (QED) is 0.690. The van der Waals surface area contributed by atoms with Gasteiger partial charge in [0.2, 0.25) is 10.0 Å². The van der Waals surface area contributed by atoms with E-state index in [-0.39, 0.29) is 22.9 Å². The first kappa shape index (κ1) is 20.1. The molecule has 2 aromatic carbocycles. The van der Waals surface area contributed by atoms with Crippen molar-refractivity contribution in [2.45, 2.75) is 37.2 Å². The molecule has 0 aliphatic rings. The van der Waals surface area contributed by atoms with Crippen molar-refractivity contribution in [3.05, 3.63) is 65.7 Å². The van der Waals surface area contributed by atoms with Crippen molar-refractivity contribution in [2.75, 3.05) is 6.54 Å². The summed E-state index contributed by atoms with van der Waals surface area (Å²) in [7, 11) is -3.76. The molecule has 0 heterocycles. The zero-order valence-corrected chi connectivity index (χ0v) is 16.0. The third-order valence-electron chi connectivity index (χ3n) is 3.74. The number of nitrogens with one attached hydrogen (secondary N) is 2. The third-order valence-corrected chi connectivity index (χ3v) is 5.28. The molecule has 140 valence electrons. The van der Waals surface area contributed by atoms with Crippen molar-refractivity contribution in [2.24, 2.45) is 5.73 Å². The van der Waals surface area contributed by atoms with Crippen LogP contribution in [0.1, 0.15) is 42.7 Å². The van der Waals surface area contributed by atoms with Crippen molar-refractivity contribution in [1.29, 1.82) is 0 Å². The van der Waals surface area contributed by atoms with Crippen LogP contribution in [0.5, 0.6) is 0 Å². The highest BCUT2D eigenvalue weighted by Crippen LogP contribution is 2.17. The van der Waals surface area contributed by atoms with E-state index < -0.39 is 21.6 Å². The summed E-state index contributed by atoms with van der Waals surface area (Å²) in [4.78, 5) is 12.3. The van der Waals surface area contributed by atoms with E-state index in [9.17, 15) is 13.2 Å². The van der Waals surface area contributed by atoms with Crippen LogP contribution in [0, 0.1) is 0 Å². The van der Waals surface area contributed by atoms with Gasteiger partial charge in [0.25, 0.3) is 5.91 Å². The molecule has 2 aromatic rings. The molecule has 1 atom stereocenters. The molecule has 7 heteroatoms. The Kier molecular flexibility index (Phi) is 6.17. The lowest BCUT2D eigenvalue weighted by atomic mass is 10.1. The maximum absolute atomic E-state index is 12.6. The van der Waals surface area contributed by atoms with Gasteiger partial charge in [-0.1, -0.05) is 36.4 Å². The first-order chi connectivity index (χ1) is 12.1. The Morgan fingerprint density at radius 3 is 2.38 bits per heavy atom. The monoisotopic (exact) mass is 375 g/mol. The van der Waals surface area contributed by atoms with Crippen LogP contribution in [0.4, 0.5) is 0 Å². The Balaban J connectivity index is 2.16. The summed E-state index contributed by atoms with van der Waals surface area (Å²) in [5.41, 5.74) is 6.43. The minimum absolute atomic E-state index is 0.0416. The number of nitrogens with two attached hydrogens (primary N) is 1. The number of carbonyl (C=O) groups is 1. The van der Waals surface area contributed by atoms with Gasteiger partial charge in [-0.3, -0.25) is 4.79 Å². The predicted octanol–water partition coefficient (Wildman–Crippen LogP) is 2.19. The summed E-state index contributed by atoms with van der Waals surface area (Å²) >= 11 is 0. The molecule has 0 bridgehead atoms. The maximum atomic E-state index is 12.6. The summed E-state index contributed by atoms with van der Waals surface area (Å²) in [6.45, 7) is 5.64. The molecule has 2 rings (SSSR count). The number of rotatable bonds is 7. The van der Waals surface area contributed by atoms with E-state index >= 15 is 0 Å². The van der Waals surface area contributed by atoms with Gasteiger partial charge in [-0.25, -0.2) is 13.1 Å². The normalized spacial score (nSPS) is 13.2. The second kappa shape index (κ2) is 7.99. The van der Waals surface area contributed by atoms with E-state index in [4.69, 9.17) is 5.73 Å². The van der Waals surface area contributed by atoms with Crippen LogP contribution in [-0.4, -0.2) is 26.4 Å². The van der Waals surface area contributed by atoms with E-state index in [0.717, 1.165) is 5.56 Å². The predicted molar refractivity (Wildman–Crippen MR) is 102 cm³/mol. The highest BCUT2D eigenvalue weighted by atomic mass is 32.2. The number of hydrogen-bond donors (Lipinski definition) is 3. The van der Waals surface area contributed by atoms with Crippen LogP contribution < -0.4 is 15.8 Å². The average molecular weight is 375 g/mol. The minimum Gasteiger partial charge on any atom is -0.350 e. The van der Waals surface area contributed by atoms with Crippen LogP contribution in [0.15, 0.2) is 59.5 Å². The lowest BCUT2D eigenvalue weighted by Crippen LogP contribution is -2.45. The van der Waals surface area contributed by atoms with E-state index in [1.54, 1.807) is 32.9 Å². The molecule has 0 radical (unpaired) electrons. The summed E-state index contributed by atoms with van der Waals surface area (Å²) < 4.78 is 27.9. The third kappa shape index (κ3) is 5.66. The summed E-state index contributed by atoms with van der Waals surface area (Å²) in [5.74, 6) is -0.364. The molecule has 0 saturated heterocycles. The van der Waals surface area contributed by atoms with Crippen LogP contribution in [0.3, 0.4) is 0 Å². The van der Waals surface area contributed by atoms with Crippen molar-refractivity contribution in [3.8, 4) is 0 Å². The second-order valence-electron chi connectivity index (χ2n) is 6.95. The number of sulfonamides is 1. The molecule has 0 spiro atoms. The molecule has 0 aromatic heterocycles. The highest BCUT2D eigenvalue weighted by molar-refractivity contribution is 7.89. The average Bonchev–Trinajstić information content (AvgIpc) is 2.59. The van der Waals surface area contributed by atoms with Crippen LogP contribution in [0.2, 0.25) is 0 Å². The number of hydrogen-bond acceptors (Lipinski definition) is 4. The maximum Gasteiger partial charge on any atom is 0.251 e. The Bertz CT molecular complexity index is 859. The Morgan fingerprint density at radius 2 is 1.77 bits per heavy atom. The fourth-order valence-electron chi connectivity index (χ4n) is 2.33. The summed E-state index contributed by atoms with van der Waals surface area (Å²) in [5, 5.41) is 2.71. The number of benzene rings is 2. The van der Waals surface area contributed by atoms with E-state index in [1.807, 2.05) is 30.3 Å². The van der Waals surface area contributed by atoms with Gasteiger partial charge < -0.3 is 11.1 Å². The van der Waals surface area contributed by atoms with E-state index in [2.05, 4.69) is 10.0 Å². The van der Waals surface area contributed by atoms with Crippen LogP contribution in [0.25, 0.3) is 0 Å². The fourth-order valence-corrected chi connectivity index (χ4v) is 3.60. The highest BCUT2D eigenvalue weighted by Gasteiger charge is 2.20. The van der Waals surface area contributed by atoms with E-state index in [0.29, 0.717) is 0 Å². The molecule has 0 aliphatic heterocycles. The van der Waals surface area contributed by atoms with Gasteiger partial charge in [-0.15, -0.1) is 0 Å². The summed E-state index contributed by atoms with van der Waals surface area (Å²) in [6.07, 6.45) is 0. The van der Waals surface area contributed by atoms with Crippen molar-refractivity contribution >= 4 is 15.9 Å². The summed E-state index contributed by atoms with van der Waals surface area (Å²) in [6, 6.07) is 14.8. The lowest BCUT2D eigenvalue weighted by molar-refractivity contribution is 0.0946. The Morgan fingerprint density at radius 1 is 1.12 bits per heavy atom. The smallest absolute Gasteiger partial charge is 0.251 e. The minimum atomic E-state index is -3.76. The standard InChI is InChI=1S/C19H25N3O3S/c1-14(15-8-5-4-6-9-15)22-26(24,25)17-11-7-10-16(12-17)18(23)21-13-19(2,3)20/h4-12,14,22H,13,20H2,1-3H3,(H,21,23). The Labute approximate surface area is 154 Å². The van der Waals surface area contributed by atoms with Gasteiger partial charge in [-0.2, -0.15) is 0 Å². The molecule has 0 aliphatic carbocycles. The molecular formula is C19H25N3O3S. The first-order valence-corrected chi connectivity index (χ1v) is 9.81. The van der Waals surface area contributed by atoms with Crippen LogP contribution >= 0.6 is 0 Å². The molecule has 0 fully saturated rings. The SMILES string of the molecule is CC(NS(=O)(=O)c1cccc(C(=O)NCC(C)(C)N)c1)c1ccccc1. The number of amides is 1. The van der Waals surface area contributed by atoms with Gasteiger partial charge in [-0.05, 0) is 44.5 Å². The second-order valence-corrected chi connectivity index (χ2v) is 8.67. The number of carbonyl (C=O) groups excluding carboxylic acids is 1. The van der Waals surface area contributed by atoms with Gasteiger partial charge in [0.15, 0.2) is 0 Å². The van der Waals surface area contributed by atoms with Gasteiger partial charge in [0, 0.05) is 23.7 Å². The van der Waals surface area contributed by atoms with Crippen molar-refractivity contribution in [3.63, 3.8) is 0 Å². The topological polar surface area (TPSA) is 101 Å². The van der Waals surface area contributed by atoms with Crippen molar-refractivity contribution < 1.29 is 13.2 Å². The van der Waals surface area contributed by atoms with Gasteiger partial charge in [0.05, 0.1) is 4.90 Å². The lowest BCUT2D eigenvalue weighted by Gasteiger charge is -2.19. The first-order valence-electron chi connectivity index (χ1n) is 8.33. The molecular weight excluding hydrogens is 350 g/mol. The molecule has 0 saturated carbocycles. The molecule has 6 nitrogen and oxygen atoms in total. The Hall–Kier alpha value is -2.22. The van der Waals surface area contributed by atoms with E-state index in [1.165, 1.54) is 12.1 Å². The fraction of sp³-hybridized carbons (Fsp3) is 0.316. The molecule has 26 heavy (non-hydrogen) atoms. The van der Waals surface area contributed by atoms with Gasteiger partial charge >= 0.3 is 0 Å².